The predicted octanol–water partition coefficient (Wildman–Crippen LogP) is 3.46. The van der Waals surface area contributed by atoms with Gasteiger partial charge in [0.05, 0.1) is 6.04 Å². The number of ether oxygens (including phenoxy) is 1. The van der Waals surface area contributed by atoms with E-state index < -0.39 is 0 Å². The molecule has 25 heavy (non-hydrogen) atoms. The van der Waals surface area contributed by atoms with Gasteiger partial charge in [0.1, 0.15) is 11.4 Å². The van der Waals surface area contributed by atoms with Crippen molar-refractivity contribution < 1.29 is 9.53 Å². The number of rotatable bonds is 2. The molecule has 130 valence electrons. The van der Waals surface area contributed by atoms with Gasteiger partial charge in [0, 0.05) is 23.2 Å². The molecule has 2 heterocycles. The number of para-hydroxylation sites is 1. The minimum Gasteiger partial charge on any atom is -0.487 e. The fraction of sp³-hybridized carbons (Fsp3) is 0.500. The summed E-state index contributed by atoms with van der Waals surface area (Å²) in [5.74, 6) is 0.863. The number of fused-ring (bicyclic) bond motifs is 2. The Morgan fingerprint density at radius 2 is 2.04 bits per heavy atom. The van der Waals surface area contributed by atoms with Gasteiger partial charge in [-0.2, -0.15) is 5.10 Å². The van der Waals surface area contributed by atoms with E-state index in [0.29, 0.717) is 5.69 Å². The van der Waals surface area contributed by atoms with Crippen molar-refractivity contribution in [2.45, 2.75) is 63.0 Å². The SMILES string of the molecule is O=C(NC1CC2(CCCC2)Oc2ccccc21)c1n[nH]c2c1CCC2. The molecule has 1 unspecified atom stereocenters. The van der Waals surface area contributed by atoms with Crippen LogP contribution in [-0.4, -0.2) is 21.7 Å². The number of nitrogens with zero attached hydrogens (tertiary/aromatic N) is 1. The Balaban J connectivity index is 1.45. The van der Waals surface area contributed by atoms with E-state index in [2.05, 4.69) is 21.6 Å². The zero-order valence-corrected chi connectivity index (χ0v) is 14.3. The monoisotopic (exact) mass is 337 g/mol. The zero-order chi connectivity index (χ0) is 16.9. The van der Waals surface area contributed by atoms with Gasteiger partial charge in [0.25, 0.3) is 5.91 Å². The Labute approximate surface area is 147 Å². The first-order valence-corrected chi connectivity index (χ1v) is 9.39. The van der Waals surface area contributed by atoms with Gasteiger partial charge in [-0.3, -0.25) is 9.89 Å². The molecule has 1 spiro atoms. The fourth-order valence-corrected chi connectivity index (χ4v) is 4.81. The number of H-pyrrole nitrogens is 1. The second-order valence-corrected chi connectivity index (χ2v) is 7.64. The minimum absolute atomic E-state index is 0.00990. The summed E-state index contributed by atoms with van der Waals surface area (Å²) in [6, 6.07) is 8.10. The van der Waals surface area contributed by atoms with E-state index >= 15 is 0 Å². The summed E-state index contributed by atoms with van der Waals surface area (Å²) in [6.45, 7) is 0. The topological polar surface area (TPSA) is 67.0 Å². The maximum atomic E-state index is 12.9. The molecular weight excluding hydrogens is 314 g/mol. The number of hydrogen-bond donors (Lipinski definition) is 2. The Kier molecular flexibility index (Phi) is 3.37. The lowest BCUT2D eigenvalue weighted by molar-refractivity contribution is 0.0360. The number of benzene rings is 1. The van der Waals surface area contributed by atoms with E-state index in [1.54, 1.807) is 0 Å². The first-order valence-electron chi connectivity index (χ1n) is 9.39. The van der Waals surface area contributed by atoms with Crippen molar-refractivity contribution in [1.29, 1.82) is 0 Å². The summed E-state index contributed by atoms with van der Waals surface area (Å²) in [7, 11) is 0. The highest BCUT2D eigenvalue weighted by atomic mass is 16.5. The molecule has 0 saturated heterocycles. The second-order valence-electron chi connectivity index (χ2n) is 7.64. The summed E-state index contributed by atoms with van der Waals surface area (Å²) in [4.78, 5) is 12.9. The lowest BCUT2D eigenvalue weighted by Gasteiger charge is -2.40. The first-order chi connectivity index (χ1) is 12.2. The van der Waals surface area contributed by atoms with E-state index in [-0.39, 0.29) is 17.6 Å². The van der Waals surface area contributed by atoms with E-state index in [1.165, 1.54) is 12.8 Å². The molecular formula is C20H23N3O2. The van der Waals surface area contributed by atoms with Gasteiger partial charge in [-0.15, -0.1) is 0 Å². The molecule has 5 nitrogen and oxygen atoms in total. The molecule has 1 aromatic carbocycles. The van der Waals surface area contributed by atoms with Crippen LogP contribution in [0.2, 0.25) is 0 Å². The highest BCUT2D eigenvalue weighted by molar-refractivity contribution is 5.94. The number of aromatic nitrogens is 2. The van der Waals surface area contributed by atoms with Crippen molar-refractivity contribution in [1.82, 2.24) is 15.5 Å². The number of hydrogen-bond acceptors (Lipinski definition) is 3. The summed E-state index contributed by atoms with van der Waals surface area (Å²) in [6.07, 6.45) is 8.46. The third-order valence-corrected chi connectivity index (χ3v) is 6.04. The van der Waals surface area contributed by atoms with Crippen LogP contribution in [0.15, 0.2) is 24.3 Å². The Hall–Kier alpha value is -2.30. The summed E-state index contributed by atoms with van der Waals surface area (Å²) < 4.78 is 6.38. The second kappa shape index (κ2) is 5.61. The maximum absolute atomic E-state index is 12.9. The molecule has 1 amide bonds. The van der Waals surface area contributed by atoms with Crippen molar-refractivity contribution in [2.24, 2.45) is 0 Å². The normalized spacial score (nSPS) is 23.1. The average molecular weight is 337 g/mol. The molecule has 3 aliphatic rings. The maximum Gasteiger partial charge on any atom is 0.272 e. The predicted molar refractivity (Wildman–Crippen MR) is 93.7 cm³/mol. The van der Waals surface area contributed by atoms with Crippen molar-refractivity contribution in [2.75, 3.05) is 0 Å². The Bertz CT molecular complexity index is 820. The number of nitrogens with one attached hydrogen (secondary N) is 2. The fourth-order valence-electron chi connectivity index (χ4n) is 4.81. The average Bonchev–Trinajstić information content (AvgIpc) is 3.32. The number of aromatic amines is 1. The Morgan fingerprint density at radius 1 is 1.20 bits per heavy atom. The smallest absolute Gasteiger partial charge is 0.272 e. The molecule has 5 heteroatoms. The summed E-state index contributed by atoms with van der Waals surface area (Å²) in [5, 5.41) is 10.6. The lowest BCUT2D eigenvalue weighted by atomic mass is 9.86. The number of carbonyl (C=O) groups excluding carboxylic acids is 1. The molecule has 1 atom stereocenters. The van der Waals surface area contributed by atoms with Crippen LogP contribution in [0.1, 0.15) is 71.9 Å². The number of amides is 1. The highest BCUT2D eigenvalue weighted by Crippen LogP contribution is 2.47. The molecule has 1 saturated carbocycles. The molecule has 5 rings (SSSR count). The van der Waals surface area contributed by atoms with Crippen LogP contribution >= 0.6 is 0 Å². The molecule has 1 fully saturated rings. The van der Waals surface area contributed by atoms with Crippen LogP contribution in [0.25, 0.3) is 0 Å². The van der Waals surface area contributed by atoms with Gasteiger partial charge in [-0.25, -0.2) is 0 Å². The standard InChI is InChI=1S/C20H23N3O2/c24-19(18-14-7-5-8-15(14)22-23-18)21-16-12-20(10-3-4-11-20)25-17-9-2-1-6-13(16)17/h1-2,6,9,16H,3-5,7-8,10-12H2,(H,21,24)(H,22,23). The van der Waals surface area contributed by atoms with Crippen LogP contribution in [-0.2, 0) is 12.8 Å². The van der Waals surface area contributed by atoms with E-state index in [4.69, 9.17) is 4.74 Å². The van der Waals surface area contributed by atoms with Gasteiger partial charge < -0.3 is 10.1 Å². The zero-order valence-electron chi connectivity index (χ0n) is 14.3. The summed E-state index contributed by atoms with van der Waals surface area (Å²) >= 11 is 0. The van der Waals surface area contributed by atoms with E-state index in [0.717, 1.165) is 61.1 Å². The van der Waals surface area contributed by atoms with Crippen molar-refractivity contribution in [3.63, 3.8) is 0 Å². The Morgan fingerprint density at radius 3 is 2.92 bits per heavy atom. The molecule has 0 radical (unpaired) electrons. The minimum atomic E-state index is -0.111. The van der Waals surface area contributed by atoms with Crippen LogP contribution < -0.4 is 10.1 Å². The van der Waals surface area contributed by atoms with Gasteiger partial charge in [0.2, 0.25) is 0 Å². The van der Waals surface area contributed by atoms with Gasteiger partial charge in [0.15, 0.2) is 5.69 Å². The summed E-state index contributed by atoms with van der Waals surface area (Å²) in [5.41, 5.74) is 3.79. The highest BCUT2D eigenvalue weighted by Gasteiger charge is 2.43. The van der Waals surface area contributed by atoms with Crippen molar-refractivity contribution in [3.8, 4) is 5.75 Å². The van der Waals surface area contributed by atoms with E-state index in [9.17, 15) is 4.79 Å². The number of aryl methyl sites for hydroxylation is 1. The number of carbonyl (C=O) groups is 1. The molecule has 2 aromatic rings. The van der Waals surface area contributed by atoms with Crippen LogP contribution in [0.4, 0.5) is 0 Å². The third kappa shape index (κ3) is 2.44. The van der Waals surface area contributed by atoms with Crippen LogP contribution in [0, 0.1) is 0 Å². The van der Waals surface area contributed by atoms with Gasteiger partial charge in [-0.1, -0.05) is 18.2 Å². The molecule has 2 aliphatic carbocycles. The first kappa shape index (κ1) is 15.0. The van der Waals surface area contributed by atoms with Crippen molar-refractivity contribution in [3.05, 3.63) is 46.8 Å². The van der Waals surface area contributed by atoms with Crippen LogP contribution in [0.3, 0.4) is 0 Å². The van der Waals surface area contributed by atoms with Crippen LogP contribution in [0.5, 0.6) is 5.75 Å². The lowest BCUT2D eigenvalue weighted by Crippen LogP contribution is -2.43. The molecule has 0 bridgehead atoms. The third-order valence-electron chi connectivity index (χ3n) is 6.04. The molecule has 1 aromatic heterocycles. The van der Waals surface area contributed by atoms with Gasteiger partial charge in [-0.05, 0) is 51.0 Å². The largest absolute Gasteiger partial charge is 0.487 e. The van der Waals surface area contributed by atoms with Crippen molar-refractivity contribution >= 4 is 5.91 Å². The molecule has 1 aliphatic heterocycles. The quantitative estimate of drug-likeness (QED) is 0.882. The molecule has 2 N–H and O–H groups in total. The van der Waals surface area contributed by atoms with Gasteiger partial charge >= 0.3 is 0 Å². The van der Waals surface area contributed by atoms with E-state index in [1.807, 2.05) is 18.2 Å².